The molecule has 8 heteroatoms. The molecule has 2 aromatic rings. The van der Waals surface area contributed by atoms with Gasteiger partial charge >= 0.3 is 0 Å². The van der Waals surface area contributed by atoms with Gasteiger partial charge < -0.3 is 10.1 Å². The molecule has 0 aliphatic carbocycles. The van der Waals surface area contributed by atoms with E-state index in [-0.39, 0.29) is 11.2 Å². The molecule has 1 aromatic carbocycles. The second kappa shape index (κ2) is 7.45. The predicted molar refractivity (Wildman–Crippen MR) is 86.4 cm³/mol. The van der Waals surface area contributed by atoms with Gasteiger partial charge in [0.05, 0.1) is 18.9 Å². The first-order valence-electron chi connectivity index (χ1n) is 7.60. The van der Waals surface area contributed by atoms with Crippen LogP contribution in [0.15, 0.2) is 29.4 Å². The van der Waals surface area contributed by atoms with Crippen molar-refractivity contribution in [1.29, 1.82) is 0 Å². The van der Waals surface area contributed by atoms with Crippen molar-refractivity contribution in [3.05, 3.63) is 29.8 Å². The fraction of sp³-hybridized carbons (Fsp3) is 0.467. The highest BCUT2D eigenvalue weighted by Crippen LogP contribution is 2.26. The summed E-state index contributed by atoms with van der Waals surface area (Å²) >= 11 is 1.44. The van der Waals surface area contributed by atoms with E-state index in [4.69, 9.17) is 4.74 Å². The fourth-order valence-corrected chi connectivity index (χ4v) is 3.47. The lowest BCUT2D eigenvalue weighted by Gasteiger charge is -2.12. The summed E-state index contributed by atoms with van der Waals surface area (Å²) in [4.78, 5) is 12.1. The molecule has 0 bridgehead atoms. The normalized spacial score (nSPS) is 18.3. The maximum atomic E-state index is 12.1. The molecule has 0 saturated carbocycles. The van der Waals surface area contributed by atoms with Crippen LogP contribution in [0, 0.1) is 0 Å². The number of amides is 1. The number of aromatic nitrogens is 4. The highest BCUT2D eigenvalue weighted by atomic mass is 32.2. The largest absolute Gasteiger partial charge is 0.497 e. The number of nitrogens with one attached hydrogen (secondary N) is 1. The van der Waals surface area contributed by atoms with Gasteiger partial charge in [-0.25, -0.2) is 4.68 Å². The van der Waals surface area contributed by atoms with Crippen molar-refractivity contribution in [1.82, 2.24) is 25.5 Å². The highest BCUT2D eigenvalue weighted by Gasteiger charge is 2.24. The van der Waals surface area contributed by atoms with E-state index in [9.17, 15) is 4.79 Å². The van der Waals surface area contributed by atoms with Gasteiger partial charge in [0.1, 0.15) is 5.75 Å². The Morgan fingerprint density at radius 1 is 1.35 bits per heavy atom. The summed E-state index contributed by atoms with van der Waals surface area (Å²) in [5.74, 6) is 0.890. The first-order valence-corrected chi connectivity index (χ1v) is 8.47. The number of hydrogen-bond donors (Lipinski definition) is 1. The second-order valence-corrected chi connectivity index (χ2v) is 6.53. The number of benzene rings is 1. The summed E-state index contributed by atoms with van der Waals surface area (Å²) in [6.07, 6.45) is 2.92. The zero-order valence-corrected chi connectivity index (χ0v) is 13.8. The van der Waals surface area contributed by atoms with Crippen molar-refractivity contribution < 1.29 is 9.53 Å². The van der Waals surface area contributed by atoms with E-state index in [1.165, 1.54) is 11.8 Å². The van der Waals surface area contributed by atoms with Gasteiger partial charge in [-0.3, -0.25) is 4.79 Å². The van der Waals surface area contributed by atoms with Crippen LogP contribution >= 0.6 is 11.8 Å². The first kappa shape index (κ1) is 15.8. The average Bonchev–Trinajstić information content (AvgIpc) is 2.90. The molecule has 1 saturated heterocycles. The number of nitrogens with zero attached hydrogens (tertiary/aromatic N) is 4. The van der Waals surface area contributed by atoms with Gasteiger partial charge in [-0.2, -0.15) is 0 Å². The maximum Gasteiger partial charge on any atom is 0.233 e. The lowest BCUT2D eigenvalue weighted by atomic mass is 10.2. The fourth-order valence-electron chi connectivity index (χ4n) is 2.43. The smallest absolute Gasteiger partial charge is 0.233 e. The van der Waals surface area contributed by atoms with E-state index in [1.54, 1.807) is 11.8 Å². The minimum Gasteiger partial charge on any atom is -0.497 e. The molecule has 7 nitrogen and oxygen atoms in total. The van der Waals surface area contributed by atoms with Gasteiger partial charge in [-0.05, 0) is 41.0 Å². The van der Waals surface area contributed by atoms with Crippen molar-refractivity contribution in [3.8, 4) is 5.75 Å². The van der Waals surface area contributed by atoms with Crippen molar-refractivity contribution in [3.63, 3.8) is 0 Å². The molecule has 1 aromatic heterocycles. The van der Waals surface area contributed by atoms with Crippen molar-refractivity contribution in [2.45, 2.75) is 36.2 Å². The Balaban J connectivity index is 1.69. The SMILES string of the molecule is COc1ccc(Cn2nnnc2S[C@@H]2CCCCNC2=O)cc1. The molecule has 0 unspecified atom stereocenters. The summed E-state index contributed by atoms with van der Waals surface area (Å²) in [6.45, 7) is 1.32. The Morgan fingerprint density at radius 2 is 2.17 bits per heavy atom. The number of methoxy groups -OCH3 is 1. The standard InChI is InChI=1S/C15H19N5O2S/c1-22-12-7-5-11(6-8-12)10-20-15(17-18-19-20)23-13-4-2-3-9-16-14(13)21/h5-8,13H,2-4,9-10H2,1H3,(H,16,21)/t13-/m1/s1. The Kier molecular flexibility index (Phi) is 5.12. The molecule has 1 atom stereocenters. The Labute approximate surface area is 138 Å². The van der Waals surface area contributed by atoms with E-state index >= 15 is 0 Å². The summed E-state index contributed by atoms with van der Waals surface area (Å²) in [7, 11) is 1.64. The Bertz CT molecular complexity index is 658. The van der Waals surface area contributed by atoms with Crippen molar-refractivity contribution in [2.75, 3.05) is 13.7 Å². The zero-order chi connectivity index (χ0) is 16.1. The summed E-state index contributed by atoms with van der Waals surface area (Å²) in [5, 5.41) is 15.3. The third-order valence-corrected chi connectivity index (χ3v) is 4.96. The molecular formula is C15H19N5O2S. The molecule has 23 heavy (non-hydrogen) atoms. The molecule has 2 heterocycles. The quantitative estimate of drug-likeness (QED) is 0.893. The average molecular weight is 333 g/mol. The van der Waals surface area contributed by atoms with Gasteiger partial charge in [-0.15, -0.1) is 5.10 Å². The molecule has 1 fully saturated rings. The molecule has 0 radical (unpaired) electrons. The van der Waals surface area contributed by atoms with Crippen LogP contribution in [0.5, 0.6) is 5.75 Å². The molecule has 1 aliphatic rings. The summed E-state index contributed by atoms with van der Waals surface area (Å²) in [5.41, 5.74) is 1.07. The minimum absolute atomic E-state index is 0.0755. The number of carbonyl (C=O) groups excluding carboxylic acids is 1. The van der Waals surface area contributed by atoms with Crippen molar-refractivity contribution >= 4 is 17.7 Å². The number of thioether (sulfide) groups is 1. The Hall–Kier alpha value is -2.09. The number of ether oxygens (including phenoxy) is 1. The maximum absolute atomic E-state index is 12.1. The first-order chi connectivity index (χ1) is 11.3. The van der Waals surface area contributed by atoms with E-state index in [2.05, 4.69) is 20.8 Å². The van der Waals surface area contributed by atoms with Crippen LogP contribution in [0.3, 0.4) is 0 Å². The van der Waals surface area contributed by atoms with Crippen LogP contribution in [0.1, 0.15) is 24.8 Å². The third kappa shape index (κ3) is 4.01. The van der Waals surface area contributed by atoms with E-state index in [0.29, 0.717) is 11.7 Å². The zero-order valence-electron chi connectivity index (χ0n) is 12.9. The van der Waals surface area contributed by atoms with Crippen LogP contribution in [-0.4, -0.2) is 45.0 Å². The highest BCUT2D eigenvalue weighted by molar-refractivity contribution is 8.00. The van der Waals surface area contributed by atoms with Crippen LogP contribution in [0.4, 0.5) is 0 Å². The van der Waals surface area contributed by atoms with Gasteiger partial charge in [-0.1, -0.05) is 30.3 Å². The van der Waals surface area contributed by atoms with E-state index in [0.717, 1.165) is 37.1 Å². The molecule has 1 aliphatic heterocycles. The van der Waals surface area contributed by atoms with Crippen molar-refractivity contribution in [2.24, 2.45) is 0 Å². The number of tetrazole rings is 1. The van der Waals surface area contributed by atoms with Crippen LogP contribution < -0.4 is 10.1 Å². The van der Waals surface area contributed by atoms with Gasteiger partial charge in [0.25, 0.3) is 0 Å². The molecular weight excluding hydrogens is 314 g/mol. The van der Waals surface area contributed by atoms with Gasteiger partial charge in [0.15, 0.2) is 0 Å². The summed E-state index contributed by atoms with van der Waals surface area (Å²) in [6, 6.07) is 7.77. The lowest BCUT2D eigenvalue weighted by Crippen LogP contribution is -2.30. The monoisotopic (exact) mass is 333 g/mol. The molecule has 1 amide bonds. The van der Waals surface area contributed by atoms with Crippen LogP contribution in [0.2, 0.25) is 0 Å². The van der Waals surface area contributed by atoms with Gasteiger partial charge in [0, 0.05) is 6.54 Å². The van der Waals surface area contributed by atoms with Crippen LogP contribution in [-0.2, 0) is 11.3 Å². The number of carbonyl (C=O) groups is 1. The third-order valence-electron chi connectivity index (χ3n) is 3.72. The van der Waals surface area contributed by atoms with E-state index in [1.807, 2.05) is 24.3 Å². The topological polar surface area (TPSA) is 81.9 Å². The second-order valence-electron chi connectivity index (χ2n) is 5.36. The van der Waals surface area contributed by atoms with Crippen LogP contribution in [0.25, 0.3) is 0 Å². The molecule has 1 N–H and O–H groups in total. The molecule has 122 valence electrons. The number of rotatable bonds is 5. The molecule has 3 rings (SSSR count). The van der Waals surface area contributed by atoms with Gasteiger partial charge in [0.2, 0.25) is 11.1 Å². The number of hydrogen-bond acceptors (Lipinski definition) is 6. The predicted octanol–water partition coefficient (Wildman–Crippen LogP) is 1.49. The minimum atomic E-state index is -0.127. The summed E-state index contributed by atoms with van der Waals surface area (Å²) < 4.78 is 6.88. The van der Waals surface area contributed by atoms with E-state index < -0.39 is 0 Å². The molecule has 0 spiro atoms. The lowest BCUT2D eigenvalue weighted by molar-refractivity contribution is -0.120. The Morgan fingerprint density at radius 3 is 2.96 bits per heavy atom.